The second kappa shape index (κ2) is 7.36. The van der Waals surface area contributed by atoms with Crippen LogP contribution in [-0.2, 0) is 14.0 Å². The Labute approximate surface area is 130 Å². The van der Waals surface area contributed by atoms with E-state index in [0.29, 0.717) is 0 Å². The summed E-state index contributed by atoms with van der Waals surface area (Å²) in [6.07, 6.45) is 4.38. The quantitative estimate of drug-likeness (QED) is 0.395. The minimum Gasteiger partial charge on any atom is -0.463 e. The molecule has 0 aromatic rings. The van der Waals surface area contributed by atoms with E-state index in [1.807, 2.05) is 19.6 Å². The van der Waals surface area contributed by atoms with Crippen molar-refractivity contribution < 1.29 is 18.3 Å². The van der Waals surface area contributed by atoms with Crippen LogP contribution in [0.5, 0.6) is 0 Å². The topological polar surface area (TPSA) is 35.5 Å². The van der Waals surface area contributed by atoms with Gasteiger partial charge in [0.25, 0.3) is 4.58 Å². The number of hydrogen-bond donors (Lipinski definition) is 0. The highest BCUT2D eigenvalue weighted by Crippen LogP contribution is 2.40. The molecule has 1 rings (SSSR count). The number of carbonyl (C=O) groups is 1. The fraction of sp³-hybridized carbons (Fsp3) is 0.929. The molecule has 0 heterocycles. The van der Waals surface area contributed by atoms with Crippen LogP contribution in [0.4, 0.5) is 4.39 Å². The number of ether oxygens (including phenoxy) is 1. The minimum absolute atomic E-state index is 0.0734. The normalized spacial score (nSPS) is 22.1. The summed E-state index contributed by atoms with van der Waals surface area (Å²) in [7, 11) is -1.96. The standard InChI is InChI=1S/C14H26BrFO3Si/c1-5-18-13(17)14(15,16)12(19-20(2,3)4)11-9-7-6-8-10-11/h11-12H,5-10H2,1-4H3/t12-,14-/m1/s1. The Kier molecular flexibility index (Phi) is 6.66. The van der Waals surface area contributed by atoms with E-state index in [1.54, 1.807) is 6.92 Å². The lowest BCUT2D eigenvalue weighted by molar-refractivity contribution is -0.157. The third-order valence-corrected chi connectivity index (χ3v) is 5.20. The first-order chi connectivity index (χ1) is 9.18. The molecule has 0 bridgehead atoms. The van der Waals surface area contributed by atoms with Gasteiger partial charge < -0.3 is 9.16 Å². The molecular formula is C14H26BrFO3Si. The van der Waals surface area contributed by atoms with Crippen LogP contribution in [0.15, 0.2) is 0 Å². The number of rotatable bonds is 6. The van der Waals surface area contributed by atoms with Gasteiger partial charge in [0.15, 0.2) is 8.32 Å². The summed E-state index contributed by atoms with van der Waals surface area (Å²) in [4.78, 5) is 11.9. The highest BCUT2D eigenvalue weighted by Gasteiger charge is 2.51. The fourth-order valence-electron chi connectivity index (χ4n) is 2.63. The van der Waals surface area contributed by atoms with Crippen molar-refractivity contribution in [1.82, 2.24) is 0 Å². The van der Waals surface area contributed by atoms with Gasteiger partial charge in [0.05, 0.1) is 6.61 Å². The first-order valence-corrected chi connectivity index (χ1v) is 11.6. The molecule has 1 aliphatic rings. The van der Waals surface area contributed by atoms with Crippen LogP contribution in [0.2, 0.25) is 19.6 Å². The zero-order valence-corrected chi connectivity index (χ0v) is 15.5. The molecule has 0 radical (unpaired) electrons. The van der Waals surface area contributed by atoms with Crippen molar-refractivity contribution in [3.63, 3.8) is 0 Å². The number of hydrogen-bond acceptors (Lipinski definition) is 3. The summed E-state index contributed by atoms with van der Waals surface area (Å²) in [5.74, 6) is -0.793. The SMILES string of the molecule is CCOC(=O)[C@@](F)(Br)[C@H](O[Si](C)(C)C)C1CCCCC1. The monoisotopic (exact) mass is 368 g/mol. The van der Waals surface area contributed by atoms with Crippen LogP contribution in [0, 0.1) is 5.92 Å². The Morgan fingerprint density at radius 3 is 2.35 bits per heavy atom. The van der Waals surface area contributed by atoms with Crippen molar-refractivity contribution in [3.05, 3.63) is 0 Å². The molecule has 0 saturated heterocycles. The lowest BCUT2D eigenvalue weighted by Gasteiger charge is -2.39. The molecule has 0 aromatic carbocycles. The maximum atomic E-state index is 15.0. The van der Waals surface area contributed by atoms with Gasteiger partial charge in [-0.1, -0.05) is 19.3 Å². The maximum absolute atomic E-state index is 15.0. The molecule has 6 heteroatoms. The summed E-state index contributed by atoms with van der Waals surface area (Å²) in [5.41, 5.74) is 0. The lowest BCUT2D eigenvalue weighted by atomic mass is 9.83. The Hall–Kier alpha value is 0.0569. The second-order valence-electron chi connectivity index (χ2n) is 6.39. The van der Waals surface area contributed by atoms with E-state index in [9.17, 15) is 9.18 Å². The van der Waals surface area contributed by atoms with Crippen molar-refractivity contribution in [1.29, 1.82) is 0 Å². The van der Waals surface area contributed by atoms with Gasteiger partial charge in [0.2, 0.25) is 0 Å². The van der Waals surface area contributed by atoms with Crippen molar-refractivity contribution in [2.75, 3.05) is 6.61 Å². The Morgan fingerprint density at radius 2 is 1.90 bits per heavy atom. The molecule has 1 fully saturated rings. The summed E-state index contributed by atoms with van der Waals surface area (Å²) < 4.78 is 23.6. The molecule has 0 aliphatic heterocycles. The minimum atomic E-state index is -2.24. The number of esters is 1. The predicted octanol–water partition coefficient (Wildman–Crippen LogP) is 4.41. The third kappa shape index (κ3) is 5.11. The van der Waals surface area contributed by atoms with Crippen LogP contribution in [0.3, 0.4) is 0 Å². The van der Waals surface area contributed by atoms with Crippen molar-refractivity contribution >= 4 is 30.2 Å². The molecule has 1 saturated carbocycles. The third-order valence-electron chi connectivity index (χ3n) is 3.46. The largest absolute Gasteiger partial charge is 0.463 e. The Bertz CT molecular complexity index is 325. The number of halogens is 2. The van der Waals surface area contributed by atoms with Gasteiger partial charge in [0, 0.05) is 0 Å². The van der Waals surface area contributed by atoms with Gasteiger partial charge in [-0.2, -0.15) is 0 Å². The van der Waals surface area contributed by atoms with Gasteiger partial charge in [-0.25, -0.2) is 9.18 Å². The van der Waals surface area contributed by atoms with Crippen molar-refractivity contribution in [2.45, 2.75) is 69.4 Å². The first kappa shape index (κ1) is 18.1. The van der Waals surface area contributed by atoms with Crippen LogP contribution >= 0.6 is 15.9 Å². The average molecular weight is 369 g/mol. The molecule has 0 amide bonds. The Morgan fingerprint density at radius 1 is 1.35 bits per heavy atom. The first-order valence-electron chi connectivity index (χ1n) is 7.41. The molecule has 3 nitrogen and oxygen atoms in total. The highest BCUT2D eigenvalue weighted by atomic mass is 79.9. The number of carbonyl (C=O) groups excluding carboxylic acids is 1. The van der Waals surface area contributed by atoms with E-state index in [0.717, 1.165) is 25.7 Å². The summed E-state index contributed by atoms with van der Waals surface area (Å²) >= 11 is 2.96. The molecule has 0 spiro atoms. The predicted molar refractivity (Wildman–Crippen MR) is 84.2 cm³/mol. The van der Waals surface area contributed by atoms with Gasteiger partial charge in [-0.15, -0.1) is 0 Å². The maximum Gasteiger partial charge on any atom is 0.357 e. The second-order valence-corrected chi connectivity index (χ2v) is 12.0. The molecule has 0 N–H and O–H groups in total. The van der Waals surface area contributed by atoms with Gasteiger partial charge in [0.1, 0.15) is 6.10 Å². The van der Waals surface area contributed by atoms with Crippen molar-refractivity contribution in [3.8, 4) is 0 Å². The summed E-state index contributed by atoms with van der Waals surface area (Å²) in [5, 5.41) is 0. The molecule has 0 aromatic heterocycles. The molecular weight excluding hydrogens is 343 g/mol. The smallest absolute Gasteiger partial charge is 0.357 e. The highest BCUT2D eigenvalue weighted by molar-refractivity contribution is 9.10. The van der Waals surface area contributed by atoms with E-state index in [-0.39, 0.29) is 12.5 Å². The summed E-state index contributed by atoms with van der Waals surface area (Å²) in [6.45, 7) is 7.88. The zero-order valence-electron chi connectivity index (χ0n) is 12.9. The summed E-state index contributed by atoms with van der Waals surface area (Å²) in [6, 6.07) is 0. The molecule has 118 valence electrons. The molecule has 0 unspecified atom stereocenters. The van der Waals surface area contributed by atoms with E-state index in [1.165, 1.54) is 6.42 Å². The van der Waals surface area contributed by atoms with Gasteiger partial charge in [-0.3, -0.25) is 0 Å². The van der Waals surface area contributed by atoms with E-state index in [4.69, 9.17) is 9.16 Å². The van der Waals surface area contributed by atoms with Crippen LogP contribution < -0.4 is 0 Å². The van der Waals surface area contributed by atoms with Crippen molar-refractivity contribution in [2.24, 2.45) is 5.92 Å². The van der Waals surface area contributed by atoms with E-state index < -0.39 is 25.0 Å². The van der Waals surface area contributed by atoms with Crippen LogP contribution in [0.1, 0.15) is 39.0 Å². The van der Waals surface area contributed by atoms with Crippen LogP contribution in [0.25, 0.3) is 0 Å². The van der Waals surface area contributed by atoms with E-state index >= 15 is 0 Å². The average Bonchev–Trinajstić information content (AvgIpc) is 2.36. The van der Waals surface area contributed by atoms with Crippen LogP contribution in [-0.4, -0.2) is 31.6 Å². The molecule has 1 aliphatic carbocycles. The van der Waals surface area contributed by atoms with Gasteiger partial charge in [-0.05, 0) is 61.3 Å². The number of alkyl halides is 2. The molecule has 20 heavy (non-hydrogen) atoms. The fourth-order valence-corrected chi connectivity index (χ4v) is 4.50. The lowest BCUT2D eigenvalue weighted by Crippen LogP contribution is -2.51. The van der Waals surface area contributed by atoms with Gasteiger partial charge >= 0.3 is 5.97 Å². The van der Waals surface area contributed by atoms with E-state index in [2.05, 4.69) is 15.9 Å². The zero-order chi connectivity index (χ0) is 15.4. The Balaban J connectivity index is 2.92. The molecule has 2 atom stereocenters.